The van der Waals surface area contributed by atoms with Gasteiger partial charge in [-0.1, -0.05) is 30.3 Å². The molecule has 4 aromatic rings. The molecule has 0 radical (unpaired) electrons. The third kappa shape index (κ3) is 4.47. The van der Waals surface area contributed by atoms with Crippen LogP contribution in [0.25, 0.3) is 28.4 Å². The van der Waals surface area contributed by atoms with Crippen molar-refractivity contribution in [3.05, 3.63) is 90.1 Å². The highest BCUT2D eigenvalue weighted by Crippen LogP contribution is 2.33. The number of amides is 1. The molecule has 3 heterocycles. The van der Waals surface area contributed by atoms with Crippen LogP contribution in [0.15, 0.2) is 79.0 Å². The maximum atomic E-state index is 13.2. The molecule has 0 N–H and O–H groups in total. The molecule has 6 nitrogen and oxygen atoms in total. The van der Waals surface area contributed by atoms with Crippen LogP contribution in [0, 0.1) is 0 Å². The third-order valence-electron chi connectivity index (χ3n) is 6.44. The minimum atomic E-state index is -2.45. The van der Waals surface area contributed by atoms with Gasteiger partial charge in [0.25, 0.3) is 0 Å². The molecule has 1 amide bonds. The lowest BCUT2D eigenvalue weighted by Gasteiger charge is -2.35. The fourth-order valence-corrected chi connectivity index (χ4v) is 4.54. The average molecular weight is 468 g/mol. The Bertz CT molecular complexity index is 1500. The molecule has 0 bridgehead atoms. The van der Waals surface area contributed by atoms with Gasteiger partial charge in [0.1, 0.15) is 5.65 Å². The molecule has 35 heavy (non-hydrogen) atoms. The van der Waals surface area contributed by atoms with E-state index in [-0.39, 0.29) is 11.7 Å². The van der Waals surface area contributed by atoms with Crippen LogP contribution >= 0.6 is 0 Å². The van der Waals surface area contributed by atoms with Crippen LogP contribution in [-0.4, -0.2) is 52.3 Å². The lowest BCUT2D eigenvalue weighted by molar-refractivity contribution is -0.126. The van der Waals surface area contributed by atoms with E-state index in [4.69, 9.17) is 4.11 Å². The summed E-state index contributed by atoms with van der Waals surface area (Å²) in [6.07, 6.45) is 4.81. The number of fused-ring (bicyclic) bond motifs is 1. The highest BCUT2D eigenvalue weighted by molar-refractivity contribution is 6.00. The molecule has 0 unspecified atom stereocenters. The van der Waals surface area contributed by atoms with Gasteiger partial charge in [-0.25, -0.2) is 4.98 Å². The van der Waals surface area contributed by atoms with Gasteiger partial charge in [-0.15, -0.1) is 0 Å². The SMILES string of the molecule is [2H]C([2H])([2H])n1c(-c2ccccc2)c(/C=C/C(=O)N2CCN(c3ccc(C(C)=O)cc3)CC2)c2cccnc21. The molecular formula is C29H28N4O2. The Morgan fingerprint density at radius 1 is 0.943 bits per heavy atom. The third-order valence-corrected chi connectivity index (χ3v) is 6.44. The molecule has 176 valence electrons. The second kappa shape index (κ2) is 9.58. The Morgan fingerprint density at radius 3 is 2.37 bits per heavy atom. The number of aryl methyl sites for hydroxylation is 1. The van der Waals surface area contributed by atoms with Crippen molar-refractivity contribution >= 4 is 34.5 Å². The molecule has 0 aliphatic carbocycles. The molecule has 1 aliphatic heterocycles. The number of nitrogens with zero attached hydrogens (tertiary/aromatic N) is 4. The van der Waals surface area contributed by atoms with Crippen molar-refractivity contribution in [1.29, 1.82) is 0 Å². The van der Waals surface area contributed by atoms with Gasteiger partial charge in [0, 0.05) is 71.7 Å². The molecule has 0 spiro atoms. The first kappa shape index (κ1) is 19.2. The zero-order chi connectivity index (χ0) is 26.9. The Hall–Kier alpha value is -4.19. The Balaban J connectivity index is 1.40. The summed E-state index contributed by atoms with van der Waals surface area (Å²) in [7, 11) is 0. The minimum absolute atomic E-state index is 0.0342. The van der Waals surface area contributed by atoms with Gasteiger partial charge >= 0.3 is 0 Å². The van der Waals surface area contributed by atoms with Gasteiger partial charge in [-0.3, -0.25) is 9.59 Å². The predicted molar refractivity (Wildman–Crippen MR) is 140 cm³/mol. The lowest BCUT2D eigenvalue weighted by Crippen LogP contribution is -2.48. The van der Waals surface area contributed by atoms with E-state index < -0.39 is 6.98 Å². The second-order valence-electron chi connectivity index (χ2n) is 8.59. The number of carbonyl (C=O) groups excluding carboxylic acids is 2. The van der Waals surface area contributed by atoms with Crippen LogP contribution < -0.4 is 4.90 Å². The first-order chi connectivity index (χ1) is 18.2. The van der Waals surface area contributed by atoms with E-state index in [0.29, 0.717) is 54.0 Å². The zero-order valence-electron chi connectivity index (χ0n) is 22.5. The fraction of sp³-hybridized carbons (Fsp3) is 0.207. The summed E-state index contributed by atoms with van der Waals surface area (Å²) in [4.78, 5) is 33.1. The highest BCUT2D eigenvalue weighted by Gasteiger charge is 2.21. The van der Waals surface area contributed by atoms with Gasteiger partial charge in [0.05, 0.1) is 5.69 Å². The van der Waals surface area contributed by atoms with E-state index in [1.807, 2.05) is 60.7 Å². The first-order valence-electron chi connectivity index (χ1n) is 13.1. The molecule has 0 saturated carbocycles. The molecular weight excluding hydrogens is 436 g/mol. The molecule has 5 rings (SSSR count). The summed E-state index contributed by atoms with van der Waals surface area (Å²) in [6.45, 7) is 1.57. The van der Waals surface area contributed by atoms with E-state index in [0.717, 1.165) is 11.3 Å². The predicted octanol–water partition coefficient (Wildman–Crippen LogP) is 4.80. The van der Waals surface area contributed by atoms with Gasteiger partial charge in [0.15, 0.2) is 5.78 Å². The summed E-state index contributed by atoms with van der Waals surface area (Å²) in [5.41, 5.74) is 3.93. The number of rotatable bonds is 5. The van der Waals surface area contributed by atoms with Crippen LogP contribution in [0.4, 0.5) is 5.69 Å². The van der Waals surface area contributed by atoms with Crippen molar-refractivity contribution in [2.45, 2.75) is 6.92 Å². The molecule has 6 heteroatoms. The number of piperazine rings is 1. The molecule has 1 saturated heterocycles. The van der Waals surface area contributed by atoms with Gasteiger partial charge in [0.2, 0.25) is 5.91 Å². The quantitative estimate of drug-likeness (QED) is 0.312. The number of Topliss-reactive ketones (excluding diaryl/α,β-unsaturated/α-hetero) is 1. The summed E-state index contributed by atoms with van der Waals surface area (Å²) < 4.78 is 25.9. The number of anilines is 1. The molecule has 0 atom stereocenters. The van der Waals surface area contributed by atoms with Crippen molar-refractivity contribution in [3.63, 3.8) is 0 Å². The maximum absolute atomic E-state index is 13.2. The Kier molecular flexibility index (Phi) is 5.24. The number of aromatic nitrogens is 2. The molecule has 2 aromatic carbocycles. The first-order valence-corrected chi connectivity index (χ1v) is 11.6. The second-order valence-corrected chi connectivity index (χ2v) is 8.59. The summed E-state index contributed by atoms with van der Waals surface area (Å²) in [5, 5.41) is 0.672. The van der Waals surface area contributed by atoms with Crippen LogP contribution in [0.1, 0.15) is 27.0 Å². The summed E-state index contributed by atoms with van der Waals surface area (Å²) >= 11 is 0. The van der Waals surface area contributed by atoms with Crippen LogP contribution in [0.5, 0.6) is 0 Å². The topological polar surface area (TPSA) is 58.4 Å². The number of hydrogen-bond acceptors (Lipinski definition) is 4. The minimum Gasteiger partial charge on any atom is -0.368 e. The largest absolute Gasteiger partial charge is 0.368 e. The van der Waals surface area contributed by atoms with Crippen LogP contribution in [-0.2, 0) is 11.8 Å². The molecule has 1 fully saturated rings. The highest BCUT2D eigenvalue weighted by atomic mass is 16.2. The van der Waals surface area contributed by atoms with Crippen molar-refractivity contribution < 1.29 is 13.7 Å². The van der Waals surface area contributed by atoms with E-state index in [1.165, 1.54) is 10.6 Å². The van der Waals surface area contributed by atoms with E-state index >= 15 is 0 Å². The van der Waals surface area contributed by atoms with Crippen molar-refractivity contribution in [1.82, 2.24) is 14.5 Å². The van der Waals surface area contributed by atoms with Crippen molar-refractivity contribution in [2.75, 3.05) is 31.1 Å². The Morgan fingerprint density at radius 2 is 1.69 bits per heavy atom. The van der Waals surface area contributed by atoms with Crippen molar-refractivity contribution in [3.8, 4) is 11.3 Å². The van der Waals surface area contributed by atoms with Gasteiger partial charge < -0.3 is 14.4 Å². The monoisotopic (exact) mass is 467 g/mol. The zero-order valence-corrected chi connectivity index (χ0v) is 19.5. The molecule has 1 aliphatic rings. The smallest absolute Gasteiger partial charge is 0.246 e. The summed E-state index contributed by atoms with van der Waals surface area (Å²) in [5.74, 6) is -0.0961. The van der Waals surface area contributed by atoms with E-state index in [1.54, 1.807) is 30.2 Å². The van der Waals surface area contributed by atoms with E-state index in [2.05, 4.69) is 9.88 Å². The standard InChI is InChI=1S/C29H28N4O2/c1-21(34)22-10-12-24(13-11-22)32-17-19-33(20-18-32)27(35)15-14-25-26-9-6-16-30-29(26)31(2)28(25)23-7-4-3-5-8-23/h3-16H,17-20H2,1-2H3/b15-14+/i2D3. The number of ketones is 1. The van der Waals surface area contributed by atoms with Crippen LogP contribution in [0.3, 0.4) is 0 Å². The van der Waals surface area contributed by atoms with Gasteiger partial charge in [-0.2, -0.15) is 0 Å². The maximum Gasteiger partial charge on any atom is 0.246 e. The normalized spacial score (nSPS) is 15.7. The number of benzene rings is 2. The number of carbonyl (C=O) groups is 2. The Labute approximate surface area is 209 Å². The molecule has 2 aromatic heterocycles. The summed E-state index contributed by atoms with van der Waals surface area (Å²) in [6, 6.07) is 20.4. The number of pyridine rings is 1. The fourth-order valence-electron chi connectivity index (χ4n) is 4.54. The van der Waals surface area contributed by atoms with E-state index in [9.17, 15) is 9.59 Å². The lowest BCUT2D eigenvalue weighted by atomic mass is 10.1. The van der Waals surface area contributed by atoms with Crippen molar-refractivity contribution in [2.24, 2.45) is 6.98 Å². The van der Waals surface area contributed by atoms with Crippen LogP contribution in [0.2, 0.25) is 0 Å². The van der Waals surface area contributed by atoms with Gasteiger partial charge in [-0.05, 0) is 55.0 Å². The average Bonchev–Trinajstić information content (AvgIpc) is 3.27. The number of hydrogen-bond donors (Lipinski definition) is 0.